The normalized spacial score (nSPS) is 19.6. The summed E-state index contributed by atoms with van der Waals surface area (Å²) < 4.78 is 71.1. The minimum Gasteiger partial charge on any atom is -0.370 e. The molecule has 1 aromatic rings. The van der Waals surface area contributed by atoms with Gasteiger partial charge in [-0.2, -0.15) is 17.5 Å². The largest absolute Gasteiger partial charge is 0.417 e. The van der Waals surface area contributed by atoms with Crippen molar-refractivity contribution in [3.63, 3.8) is 0 Å². The average Bonchev–Trinajstić information content (AvgIpc) is 2.81. The van der Waals surface area contributed by atoms with E-state index in [0.717, 1.165) is 54.4 Å². The lowest BCUT2D eigenvalue weighted by atomic mass is 9.79. The van der Waals surface area contributed by atoms with Crippen LogP contribution in [-0.4, -0.2) is 88.5 Å². The van der Waals surface area contributed by atoms with E-state index in [1.165, 1.54) is 26.0 Å². The van der Waals surface area contributed by atoms with Crippen LogP contribution in [0.2, 0.25) is 0 Å². The first-order chi connectivity index (χ1) is 16.0. The Labute approximate surface area is 199 Å². The molecule has 2 fully saturated rings. The molecule has 2 saturated heterocycles. The molecule has 1 aromatic carbocycles. The first-order valence-electron chi connectivity index (χ1n) is 11.7. The van der Waals surface area contributed by atoms with Gasteiger partial charge in [0.25, 0.3) is 0 Å². The van der Waals surface area contributed by atoms with Gasteiger partial charge in [0.05, 0.1) is 17.1 Å². The van der Waals surface area contributed by atoms with Crippen LogP contribution in [0.5, 0.6) is 0 Å². The van der Waals surface area contributed by atoms with Crippen LogP contribution in [-0.2, 0) is 25.7 Å². The Kier molecular flexibility index (Phi) is 8.99. The van der Waals surface area contributed by atoms with Crippen LogP contribution in [0, 0.1) is 11.8 Å². The van der Waals surface area contributed by atoms with Gasteiger partial charge in [-0.15, -0.1) is 0 Å². The van der Waals surface area contributed by atoms with E-state index >= 15 is 0 Å². The van der Waals surface area contributed by atoms with Crippen molar-refractivity contribution >= 4 is 15.9 Å². The number of nitrogens with zero attached hydrogens (tertiary/aromatic N) is 3. The molecule has 3 rings (SSSR count). The molecular formula is C23H34F3N3O4S. The van der Waals surface area contributed by atoms with E-state index < -0.39 is 26.7 Å². The van der Waals surface area contributed by atoms with Crippen LogP contribution in [0.4, 0.5) is 13.2 Å². The number of ether oxygens (including phenoxy) is 1. The summed E-state index contributed by atoms with van der Waals surface area (Å²) in [5, 5.41) is 0. The topological polar surface area (TPSA) is 70.2 Å². The molecule has 2 aliphatic rings. The number of carbonyl (C=O) groups excluding carboxylic acids is 1. The number of alkyl halides is 3. The second kappa shape index (κ2) is 11.4. The third kappa shape index (κ3) is 6.71. The lowest BCUT2D eigenvalue weighted by Gasteiger charge is -2.39. The number of likely N-dealkylation sites (N-methyl/N-ethyl adjacent to an activating group) is 1. The van der Waals surface area contributed by atoms with E-state index in [0.29, 0.717) is 19.0 Å². The highest BCUT2D eigenvalue weighted by molar-refractivity contribution is 7.89. The molecule has 0 bridgehead atoms. The summed E-state index contributed by atoms with van der Waals surface area (Å²) in [7, 11) is -1.02. The fourth-order valence-electron chi connectivity index (χ4n) is 4.78. The second-order valence-corrected chi connectivity index (χ2v) is 11.2. The van der Waals surface area contributed by atoms with E-state index in [1.807, 2.05) is 0 Å². The predicted molar refractivity (Wildman–Crippen MR) is 122 cm³/mol. The molecular weight excluding hydrogens is 471 g/mol. The van der Waals surface area contributed by atoms with Crippen LogP contribution in [0.1, 0.15) is 31.2 Å². The minimum absolute atomic E-state index is 0.0955. The smallest absolute Gasteiger partial charge is 0.370 e. The number of carbonyl (C=O) groups is 1. The number of benzene rings is 1. The van der Waals surface area contributed by atoms with Crippen molar-refractivity contribution in [2.45, 2.75) is 36.8 Å². The minimum atomic E-state index is -4.78. The van der Waals surface area contributed by atoms with Gasteiger partial charge < -0.3 is 14.5 Å². The SMILES string of the molecule is CN1CCC(C2CCN(C(=O)COCCN(C)S(=O)(=O)c3ccccc3C(F)(F)F)CC2)CC1. The number of hydrogen-bond acceptors (Lipinski definition) is 5. The van der Waals surface area contributed by atoms with Gasteiger partial charge in [-0.05, 0) is 69.8 Å². The maximum absolute atomic E-state index is 13.2. The Bertz CT molecular complexity index is 926. The van der Waals surface area contributed by atoms with Gasteiger partial charge in [-0.3, -0.25) is 4.79 Å². The zero-order valence-electron chi connectivity index (χ0n) is 19.8. The summed E-state index contributed by atoms with van der Waals surface area (Å²) in [5.74, 6) is 1.23. The summed E-state index contributed by atoms with van der Waals surface area (Å²) in [6.45, 7) is 3.21. The van der Waals surface area contributed by atoms with Crippen molar-refractivity contribution in [3.8, 4) is 0 Å². The maximum atomic E-state index is 13.2. The Morgan fingerprint density at radius 3 is 2.21 bits per heavy atom. The number of likely N-dealkylation sites (tertiary alicyclic amines) is 2. The van der Waals surface area contributed by atoms with E-state index in [1.54, 1.807) is 4.90 Å². The van der Waals surface area contributed by atoms with Gasteiger partial charge in [-0.25, -0.2) is 8.42 Å². The Hall–Kier alpha value is -1.69. The first kappa shape index (κ1) is 26.9. The molecule has 0 aliphatic carbocycles. The molecule has 11 heteroatoms. The highest BCUT2D eigenvalue weighted by Gasteiger charge is 2.38. The molecule has 0 atom stereocenters. The molecule has 34 heavy (non-hydrogen) atoms. The van der Waals surface area contributed by atoms with Crippen molar-refractivity contribution in [3.05, 3.63) is 29.8 Å². The number of piperidine rings is 2. The molecule has 192 valence electrons. The molecule has 0 radical (unpaired) electrons. The summed E-state index contributed by atoms with van der Waals surface area (Å²) in [6.07, 6.45) is -0.391. The maximum Gasteiger partial charge on any atom is 0.417 e. The standard InChI is InChI=1S/C23H34F3N3O4S/c1-27-11-7-18(8-12-27)19-9-13-29(14-10-19)22(30)17-33-16-15-28(2)34(31,32)21-6-4-3-5-20(21)23(24,25)26/h3-6,18-19H,7-17H2,1-2H3. The third-order valence-electron chi connectivity index (χ3n) is 6.98. The quantitative estimate of drug-likeness (QED) is 0.508. The number of hydrogen-bond donors (Lipinski definition) is 0. The number of amides is 1. The first-order valence-corrected chi connectivity index (χ1v) is 13.1. The van der Waals surface area contributed by atoms with Crippen LogP contribution in [0.3, 0.4) is 0 Å². The summed E-state index contributed by atoms with van der Waals surface area (Å²) in [6, 6.07) is 4.08. The van der Waals surface area contributed by atoms with Gasteiger partial charge in [-0.1, -0.05) is 12.1 Å². The Morgan fingerprint density at radius 2 is 1.62 bits per heavy atom. The molecule has 0 N–H and O–H groups in total. The third-order valence-corrected chi connectivity index (χ3v) is 8.89. The fourth-order valence-corrected chi connectivity index (χ4v) is 6.14. The monoisotopic (exact) mass is 505 g/mol. The highest BCUT2D eigenvalue weighted by Crippen LogP contribution is 2.35. The van der Waals surface area contributed by atoms with Crippen molar-refractivity contribution in [2.75, 3.05) is 60.0 Å². The van der Waals surface area contributed by atoms with Crippen LogP contribution >= 0.6 is 0 Å². The van der Waals surface area contributed by atoms with Crippen molar-refractivity contribution < 1.29 is 31.1 Å². The van der Waals surface area contributed by atoms with Crippen LogP contribution in [0.25, 0.3) is 0 Å². The molecule has 0 saturated carbocycles. The summed E-state index contributed by atoms with van der Waals surface area (Å²) in [4.78, 5) is 15.8. The van der Waals surface area contributed by atoms with Crippen molar-refractivity contribution in [1.82, 2.24) is 14.1 Å². The van der Waals surface area contributed by atoms with Crippen molar-refractivity contribution in [1.29, 1.82) is 0 Å². The second-order valence-electron chi connectivity index (χ2n) is 9.23. The zero-order chi connectivity index (χ0) is 24.9. The van der Waals surface area contributed by atoms with Gasteiger partial charge >= 0.3 is 6.18 Å². The lowest BCUT2D eigenvalue weighted by molar-refractivity contribution is -0.140. The van der Waals surface area contributed by atoms with Gasteiger partial charge in [0, 0.05) is 26.7 Å². The summed E-state index contributed by atoms with van der Waals surface area (Å²) >= 11 is 0. The Morgan fingerprint density at radius 1 is 1.06 bits per heavy atom. The zero-order valence-corrected chi connectivity index (χ0v) is 20.6. The van der Waals surface area contributed by atoms with Crippen LogP contribution < -0.4 is 0 Å². The molecule has 0 aromatic heterocycles. The molecule has 1 amide bonds. The molecule has 0 unspecified atom stereocenters. The lowest BCUT2D eigenvalue weighted by Crippen LogP contribution is -2.43. The van der Waals surface area contributed by atoms with E-state index in [4.69, 9.17) is 4.74 Å². The highest BCUT2D eigenvalue weighted by atomic mass is 32.2. The number of sulfonamides is 1. The van der Waals surface area contributed by atoms with Gasteiger partial charge in [0.2, 0.25) is 15.9 Å². The molecule has 7 nitrogen and oxygen atoms in total. The van der Waals surface area contributed by atoms with Crippen LogP contribution in [0.15, 0.2) is 29.2 Å². The molecule has 0 spiro atoms. The molecule has 2 aliphatic heterocycles. The number of rotatable bonds is 8. The average molecular weight is 506 g/mol. The van der Waals surface area contributed by atoms with E-state index in [-0.39, 0.29) is 25.7 Å². The number of halogens is 3. The fraction of sp³-hybridized carbons (Fsp3) is 0.696. The van der Waals surface area contributed by atoms with Gasteiger partial charge in [0.15, 0.2) is 0 Å². The predicted octanol–water partition coefficient (Wildman–Crippen LogP) is 2.92. The summed E-state index contributed by atoms with van der Waals surface area (Å²) in [5.41, 5.74) is -1.21. The van der Waals surface area contributed by atoms with Gasteiger partial charge in [0.1, 0.15) is 6.61 Å². The molecule has 2 heterocycles. The van der Waals surface area contributed by atoms with E-state index in [9.17, 15) is 26.4 Å². The van der Waals surface area contributed by atoms with E-state index in [2.05, 4.69) is 11.9 Å². The van der Waals surface area contributed by atoms with Crippen molar-refractivity contribution in [2.24, 2.45) is 11.8 Å². The Balaban J connectivity index is 1.42.